The molecule has 1 aliphatic rings. The van der Waals surface area contributed by atoms with E-state index in [0.717, 1.165) is 17.3 Å². The Kier molecular flexibility index (Phi) is 7.27. The molecule has 1 aliphatic heterocycles. The Labute approximate surface area is 195 Å². The number of anilines is 1. The number of benzene rings is 2. The molecule has 3 amide bonds. The summed E-state index contributed by atoms with van der Waals surface area (Å²) in [4.78, 5) is 35.6. The lowest BCUT2D eigenvalue weighted by Crippen LogP contribution is -2.20. The van der Waals surface area contributed by atoms with Crippen molar-refractivity contribution < 1.29 is 23.9 Å². The molecule has 30 heavy (non-hydrogen) atoms. The van der Waals surface area contributed by atoms with Crippen LogP contribution in [0.2, 0.25) is 5.02 Å². The minimum Gasteiger partial charge on any atom is -0.493 e. The molecule has 1 heterocycles. The van der Waals surface area contributed by atoms with Crippen LogP contribution in [0, 0.1) is 10.5 Å². The number of halogens is 2. The van der Waals surface area contributed by atoms with Gasteiger partial charge in [0.15, 0.2) is 18.1 Å². The lowest BCUT2D eigenvalue weighted by molar-refractivity contribution is -0.118. The first-order chi connectivity index (χ1) is 14.3. The van der Waals surface area contributed by atoms with E-state index < -0.39 is 11.1 Å². The Morgan fingerprint density at radius 2 is 2.07 bits per heavy atom. The molecule has 0 bridgehead atoms. The van der Waals surface area contributed by atoms with Crippen molar-refractivity contribution in [1.29, 1.82) is 0 Å². The number of hydrogen-bond donors (Lipinski definition) is 2. The predicted molar refractivity (Wildman–Crippen MR) is 125 cm³/mol. The smallest absolute Gasteiger partial charge is 0.290 e. The first kappa shape index (κ1) is 22.4. The van der Waals surface area contributed by atoms with E-state index in [2.05, 4.69) is 33.2 Å². The van der Waals surface area contributed by atoms with Gasteiger partial charge in [0, 0.05) is 10.7 Å². The van der Waals surface area contributed by atoms with Crippen LogP contribution >= 0.6 is 46.0 Å². The summed E-state index contributed by atoms with van der Waals surface area (Å²) in [6, 6.07) is 8.67. The second kappa shape index (κ2) is 9.71. The highest BCUT2D eigenvalue weighted by atomic mass is 127. The van der Waals surface area contributed by atoms with Gasteiger partial charge in [-0.3, -0.25) is 19.7 Å². The van der Waals surface area contributed by atoms with Crippen molar-refractivity contribution >= 4 is 74.8 Å². The average Bonchev–Trinajstić information content (AvgIpc) is 3.00. The van der Waals surface area contributed by atoms with E-state index in [1.165, 1.54) is 7.11 Å². The van der Waals surface area contributed by atoms with Gasteiger partial charge in [-0.25, -0.2) is 0 Å². The van der Waals surface area contributed by atoms with Gasteiger partial charge in [-0.05, 0) is 82.7 Å². The molecule has 156 valence electrons. The zero-order chi connectivity index (χ0) is 21.8. The van der Waals surface area contributed by atoms with E-state index in [0.29, 0.717) is 36.2 Å². The standard InChI is InChI=1S/C20H16ClIN2O5S/c1-10-3-4-12(8-13(10)21)23-17(25)9-29-18-14(22)5-11(6-15(18)28-2)7-16-19(26)24-20(27)30-16/h3-8H,9H2,1-2H3,(H,23,25)(H,24,26,27)/b16-7-. The fourth-order valence-corrected chi connectivity index (χ4v) is 4.18. The second-order valence-electron chi connectivity index (χ2n) is 6.19. The van der Waals surface area contributed by atoms with Crippen molar-refractivity contribution in [2.45, 2.75) is 6.92 Å². The fraction of sp³-hybridized carbons (Fsp3) is 0.150. The first-order valence-electron chi connectivity index (χ1n) is 8.58. The molecule has 1 fully saturated rings. The summed E-state index contributed by atoms with van der Waals surface area (Å²) in [5.74, 6) is 0.00953. The zero-order valence-corrected chi connectivity index (χ0v) is 19.6. The van der Waals surface area contributed by atoms with Gasteiger partial charge in [-0.1, -0.05) is 17.7 Å². The maximum absolute atomic E-state index is 12.2. The number of thioether (sulfide) groups is 1. The van der Waals surface area contributed by atoms with Crippen molar-refractivity contribution in [3.05, 3.63) is 55.0 Å². The summed E-state index contributed by atoms with van der Waals surface area (Å²) >= 11 is 8.96. The van der Waals surface area contributed by atoms with Gasteiger partial charge in [0.25, 0.3) is 17.1 Å². The topological polar surface area (TPSA) is 93.7 Å². The second-order valence-corrected chi connectivity index (χ2v) is 8.77. The van der Waals surface area contributed by atoms with Crippen LogP contribution in [0.4, 0.5) is 10.5 Å². The summed E-state index contributed by atoms with van der Waals surface area (Å²) in [5.41, 5.74) is 2.15. The lowest BCUT2D eigenvalue weighted by Gasteiger charge is -2.14. The molecule has 0 aromatic heterocycles. The highest BCUT2D eigenvalue weighted by molar-refractivity contribution is 14.1. The molecule has 0 atom stereocenters. The van der Waals surface area contributed by atoms with E-state index in [1.54, 1.807) is 30.3 Å². The van der Waals surface area contributed by atoms with Crippen LogP contribution in [-0.2, 0) is 9.59 Å². The molecule has 0 unspecified atom stereocenters. The number of rotatable bonds is 6. The van der Waals surface area contributed by atoms with E-state index in [1.807, 2.05) is 13.0 Å². The molecule has 3 rings (SSSR count). The largest absolute Gasteiger partial charge is 0.493 e. The molecule has 0 saturated carbocycles. The van der Waals surface area contributed by atoms with E-state index in [9.17, 15) is 14.4 Å². The van der Waals surface area contributed by atoms with Crippen molar-refractivity contribution in [3.63, 3.8) is 0 Å². The van der Waals surface area contributed by atoms with Gasteiger partial charge in [-0.15, -0.1) is 0 Å². The number of ether oxygens (including phenoxy) is 2. The third-order valence-corrected chi connectivity index (χ3v) is 6.01. The maximum atomic E-state index is 12.2. The number of amides is 3. The molecule has 10 heteroatoms. The number of methoxy groups -OCH3 is 1. The van der Waals surface area contributed by atoms with Crippen molar-refractivity contribution in [1.82, 2.24) is 5.32 Å². The first-order valence-corrected chi connectivity index (χ1v) is 10.9. The van der Waals surface area contributed by atoms with Gasteiger partial charge in [0.2, 0.25) is 0 Å². The molecular formula is C20H16ClIN2O5S. The van der Waals surface area contributed by atoms with Gasteiger partial charge in [0.1, 0.15) is 0 Å². The molecule has 2 N–H and O–H groups in total. The zero-order valence-electron chi connectivity index (χ0n) is 15.9. The van der Waals surface area contributed by atoms with Crippen molar-refractivity contribution in [2.24, 2.45) is 0 Å². The maximum Gasteiger partial charge on any atom is 0.290 e. The summed E-state index contributed by atoms with van der Waals surface area (Å²) in [5, 5.41) is 5.08. The molecule has 0 radical (unpaired) electrons. The number of carbonyl (C=O) groups is 3. The van der Waals surface area contributed by atoms with Crippen LogP contribution in [0.5, 0.6) is 11.5 Å². The quantitative estimate of drug-likeness (QED) is 0.398. The molecule has 1 saturated heterocycles. The lowest BCUT2D eigenvalue weighted by atomic mass is 10.2. The van der Waals surface area contributed by atoms with Gasteiger partial charge in [0.05, 0.1) is 15.6 Å². The number of imide groups is 1. The van der Waals surface area contributed by atoms with Gasteiger partial charge < -0.3 is 14.8 Å². The molecule has 2 aromatic rings. The Hall–Kier alpha value is -2.24. The molecule has 7 nitrogen and oxygen atoms in total. The fourth-order valence-electron chi connectivity index (χ4n) is 2.54. The monoisotopic (exact) mass is 558 g/mol. The van der Waals surface area contributed by atoms with Gasteiger partial charge >= 0.3 is 0 Å². The van der Waals surface area contributed by atoms with Crippen molar-refractivity contribution in [3.8, 4) is 11.5 Å². The molecular weight excluding hydrogens is 543 g/mol. The summed E-state index contributed by atoms with van der Waals surface area (Å²) in [7, 11) is 1.48. The van der Waals surface area contributed by atoms with Crippen LogP contribution in [0.15, 0.2) is 35.2 Å². The third-order valence-electron chi connectivity index (χ3n) is 3.99. The summed E-state index contributed by atoms with van der Waals surface area (Å²) in [6.45, 7) is 1.64. The minimum absolute atomic E-state index is 0.231. The molecule has 0 aliphatic carbocycles. The van der Waals surface area contributed by atoms with Crippen LogP contribution < -0.4 is 20.1 Å². The molecule has 2 aromatic carbocycles. The number of aryl methyl sites for hydroxylation is 1. The van der Waals surface area contributed by atoms with Crippen LogP contribution in [0.3, 0.4) is 0 Å². The highest BCUT2D eigenvalue weighted by Gasteiger charge is 2.25. The van der Waals surface area contributed by atoms with E-state index >= 15 is 0 Å². The number of hydrogen-bond acceptors (Lipinski definition) is 6. The van der Waals surface area contributed by atoms with E-state index in [-0.39, 0.29) is 12.5 Å². The number of carbonyl (C=O) groups excluding carboxylic acids is 3. The highest BCUT2D eigenvalue weighted by Crippen LogP contribution is 2.36. The van der Waals surface area contributed by atoms with E-state index in [4.69, 9.17) is 21.1 Å². The Balaban J connectivity index is 1.72. The Morgan fingerprint density at radius 1 is 1.30 bits per heavy atom. The number of nitrogens with one attached hydrogen (secondary N) is 2. The van der Waals surface area contributed by atoms with Crippen LogP contribution in [-0.4, -0.2) is 30.8 Å². The summed E-state index contributed by atoms with van der Waals surface area (Å²) < 4.78 is 11.7. The van der Waals surface area contributed by atoms with Crippen molar-refractivity contribution in [2.75, 3.05) is 19.0 Å². The summed E-state index contributed by atoms with van der Waals surface area (Å²) in [6.07, 6.45) is 1.59. The third kappa shape index (κ3) is 5.46. The molecule has 0 spiro atoms. The SMILES string of the molecule is COc1cc(/C=C2\SC(=O)NC2=O)cc(I)c1OCC(=O)Nc1ccc(C)c(Cl)c1. The van der Waals surface area contributed by atoms with Crippen LogP contribution in [0.25, 0.3) is 6.08 Å². The normalized spacial score (nSPS) is 14.6. The Bertz CT molecular complexity index is 1070. The average molecular weight is 559 g/mol. The van der Waals surface area contributed by atoms with Crippen LogP contribution in [0.1, 0.15) is 11.1 Å². The predicted octanol–water partition coefficient (Wildman–Crippen LogP) is 4.60. The minimum atomic E-state index is -0.438. The Morgan fingerprint density at radius 3 is 2.70 bits per heavy atom. The van der Waals surface area contributed by atoms with Gasteiger partial charge in [-0.2, -0.15) is 0 Å².